The van der Waals surface area contributed by atoms with Crippen molar-refractivity contribution in [2.24, 2.45) is 0 Å². The minimum atomic E-state index is -0.650. The summed E-state index contributed by atoms with van der Waals surface area (Å²) in [6.07, 6.45) is 2.20. The van der Waals surface area contributed by atoms with Crippen LogP contribution in [0.25, 0.3) is 0 Å². The lowest BCUT2D eigenvalue weighted by molar-refractivity contribution is -0.161. The van der Waals surface area contributed by atoms with Gasteiger partial charge in [-0.2, -0.15) is 11.8 Å². The number of carbonyl (C=O) groups is 2. The van der Waals surface area contributed by atoms with Gasteiger partial charge in [0.25, 0.3) is 0 Å². The van der Waals surface area contributed by atoms with E-state index < -0.39 is 11.6 Å². The Morgan fingerprint density at radius 2 is 2.29 bits per heavy atom. The van der Waals surface area contributed by atoms with Crippen molar-refractivity contribution in [2.45, 2.75) is 38.2 Å². The van der Waals surface area contributed by atoms with Gasteiger partial charge >= 0.3 is 5.97 Å². The quantitative estimate of drug-likeness (QED) is 0.336. The van der Waals surface area contributed by atoms with E-state index in [-0.39, 0.29) is 30.0 Å². The number of allylic oxidation sites excluding steroid dienone is 1. The second-order valence-electron chi connectivity index (χ2n) is 4.50. The summed E-state index contributed by atoms with van der Waals surface area (Å²) in [4.78, 5) is 23.8. The molecule has 0 bridgehead atoms. The Labute approximate surface area is 104 Å². The number of aliphatic hydroxyl groups is 1. The summed E-state index contributed by atoms with van der Waals surface area (Å²) in [5.41, 5.74) is -0.761. The van der Waals surface area contributed by atoms with E-state index in [0.29, 0.717) is 5.75 Å². The maximum atomic E-state index is 12.0. The minimum Gasteiger partial charge on any atom is -0.511 e. The predicted octanol–water partition coefficient (Wildman–Crippen LogP) is 1.99. The molecule has 94 valence electrons. The number of carbonyl (C=O) groups excluding carboxylic acids is 2. The third-order valence-electron chi connectivity index (χ3n) is 3.18. The lowest BCUT2D eigenvalue weighted by Gasteiger charge is -2.39. The van der Waals surface area contributed by atoms with E-state index in [1.807, 2.05) is 0 Å². The van der Waals surface area contributed by atoms with Crippen molar-refractivity contribution in [1.29, 1.82) is 0 Å². The monoisotopic (exact) mass is 256 g/mol. The molecule has 4 nitrogen and oxygen atoms in total. The molecule has 1 atom stereocenters. The fourth-order valence-electron chi connectivity index (χ4n) is 2.28. The molecule has 2 saturated heterocycles. The first-order valence-electron chi connectivity index (χ1n) is 5.84. The van der Waals surface area contributed by atoms with Gasteiger partial charge in [0.05, 0.1) is 6.42 Å². The number of rotatable bonds is 1. The summed E-state index contributed by atoms with van der Waals surface area (Å²) >= 11 is 1.71. The third-order valence-corrected chi connectivity index (χ3v) is 4.49. The number of esters is 1. The van der Waals surface area contributed by atoms with Gasteiger partial charge in [0.1, 0.15) is 16.9 Å². The Morgan fingerprint density at radius 1 is 1.53 bits per heavy atom. The van der Waals surface area contributed by atoms with Crippen LogP contribution in [0.3, 0.4) is 0 Å². The van der Waals surface area contributed by atoms with E-state index in [1.165, 1.54) is 0 Å². The van der Waals surface area contributed by atoms with E-state index in [2.05, 4.69) is 0 Å². The molecule has 5 heteroatoms. The first-order chi connectivity index (χ1) is 8.08. The van der Waals surface area contributed by atoms with Gasteiger partial charge in [-0.15, -0.1) is 0 Å². The molecule has 0 aliphatic carbocycles. The number of ether oxygens (including phenoxy) is 1. The summed E-state index contributed by atoms with van der Waals surface area (Å²) in [7, 11) is 0. The van der Waals surface area contributed by atoms with Gasteiger partial charge in [-0.1, -0.05) is 6.92 Å². The van der Waals surface area contributed by atoms with Crippen molar-refractivity contribution in [3.8, 4) is 0 Å². The van der Waals surface area contributed by atoms with Crippen molar-refractivity contribution in [3.05, 3.63) is 11.3 Å². The highest BCUT2D eigenvalue weighted by Crippen LogP contribution is 2.38. The van der Waals surface area contributed by atoms with Crippen molar-refractivity contribution in [3.63, 3.8) is 0 Å². The van der Waals surface area contributed by atoms with Gasteiger partial charge in [0, 0.05) is 12.2 Å². The van der Waals surface area contributed by atoms with Crippen molar-refractivity contribution < 1.29 is 19.4 Å². The molecule has 2 heterocycles. The lowest BCUT2D eigenvalue weighted by atomic mass is 9.87. The normalized spacial score (nSPS) is 32.5. The number of hydrogen-bond donors (Lipinski definition) is 1. The molecule has 2 rings (SSSR count). The van der Waals surface area contributed by atoms with E-state index >= 15 is 0 Å². The Hall–Kier alpha value is -0.970. The van der Waals surface area contributed by atoms with Crippen LogP contribution in [0.1, 0.15) is 32.6 Å². The third kappa shape index (κ3) is 2.34. The van der Waals surface area contributed by atoms with Gasteiger partial charge in [-0.05, 0) is 18.6 Å². The topological polar surface area (TPSA) is 63.6 Å². The summed E-state index contributed by atoms with van der Waals surface area (Å²) in [5, 5.41) is 9.56. The molecule has 2 aliphatic rings. The zero-order valence-electron chi connectivity index (χ0n) is 9.82. The van der Waals surface area contributed by atoms with Crippen molar-refractivity contribution in [2.75, 3.05) is 11.5 Å². The van der Waals surface area contributed by atoms with Crippen LogP contribution in [0.15, 0.2) is 11.3 Å². The van der Waals surface area contributed by atoms with Crippen LogP contribution in [0.4, 0.5) is 0 Å². The van der Waals surface area contributed by atoms with Gasteiger partial charge < -0.3 is 9.84 Å². The van der Waals surface area contributed by atoms with Crippen LogP contribution < -0.4 is 0 Å². The number of thioether (sulfide) groups is 1. The maximum absolute atomic E-state index is 12.0. The molecular weight excluding hydrogens is 240 g/mol. The molecule has 2 aliphatic heterocycles. The Kier molecular flexibility index (Phi) is 3.47. The molecule has 1 spiro atoms. The Balaban J connectivity index is 2.23. The molecule has 17 heavy (non-hydrogen) atoms. The van der Waals surface area contributed by atoms with Crippen LogP contribution >= 0.6 is 11.8 Å². The van der Waals surface area contributed by atoms with Crippen LogP contribution in [-0.4, -0.2) is 34.0 Å². The molecule has 0 amide bonds. The van der Waals surface area contributed by atoms with Crippen LogP contribution in [0.2, 0.25) is 0 Å². The molecular formula is C12H16O4S. The SMILES string of the molecule is CCC(O)=C1C(=O)CC2(CCCSC2)OC1=O. The largest absolute Gasteiger partial charge is 0.511 e. The molecule has 1 unspecified atom stereocenters. The first-order valence-corrected chi connectivity index (χ1v) is 7.00. The molecule has 0 aromatic carbocycles. The van der Waals surface area contributed by atoms with Gasteiger partial charge in [0.2, 0.25) is 0 Å². The second kappa shape index (κ2) is 4.72. The Bertz CT molecular complexity index is 358. The zero-order valence-corrected chi connectivity index (χ0v) is 10.6. The first kappa shape index (κ1) is 12.5. The van der Waals surface area contributed by atoms with E-state index in [9.17, 15) is 14.7 Å². The summed E-state index contributed by atoms with van der Waals surface area (Å²) < 4.78 is 5.42. The van der Waals surface area contributed by atoms with Crippen LogP contribution in [0, 0.1) is 0 Å². The van der Waals surface area contributed by atoms with Gasteiger partial charge in [-0.3, -0.25) is 4.79 Å². The molecule has 2 fully saturated rings. The van der Waals surface area contributed by atoms with E-state index in [1.54, 1.807) is 18.7 Å². The van der Waals surface area contributed by atoms with Gasteiger partial charge in [-0.25, -0.2) is 4.79 Å². The van der Waals surface area contributed by atoms with Crippen LogP contribution in [-0.2, 0) is 14.3 Å². The average Bonchev–Trinajstić information content (AvgIpc) is 2.28. The number of aliphatic hydroxyl groups excluding tert-OH is 1. The highest BCUT2D eigenvalue weighted by Gasteiger charge is 2.46. The summed E-state index contributed by atoms with van der Waals surface area (Å²) in [6.45, 7) is 1.70. The van der Waals surface area contributed by atoms with Crippen molar-refractivity contribution in [1.82, 2.24) is 0 Å². The standard InChI is InChI=1S/C12H16O4S/c1-2-8(13)10-9(14)6-12(16-11(10)15)4-3-5-17-7-12/h13H,2-7H2,1H3. The molecule has 1 N–H and O–H groups in total. The number of hydrogen-bond acceptors (Lipinski definition) is 5. The van der Waals surface area contributed by atoms with Crippen LogP contribution in [0.5, 0.6) is 0 Å². The average molecular weight is 256 g/mol. The fraction of sp³-hybridized carbons (Fsp3) is 0.667. The zero-order chi connectivity index (χ0) is 12.5. The predicted molar refractivity (Wildman–Crippen MR) is 65.0 cm³/mol. The molecule has 0 aromatic heterocycles. The summed E-state index contributed by atoms with van der Waals surface area (Å²) in [6, 6.07) is 0. The summed E-state index contributed by atoms with van der Waals surface area (Å²) in [5.74, 6) is 0.658. The smallest absolute Gasteiger partial charge is 0.345 e. The van der Waals surface area contributed by atoms with Crippen molar-refractivity contribution >= 4 is 23.5 Å². The van der Waals surface area contributed by atoms with Gasteiger partial charge in [0.15, 0.2) is 5.78 Å². The maximum Gasteiger partial charge on any atom is 0.345 e. The van der Waals surface area contributed by atoms with E-state index in [4.69, 9.17) is 4.74 Å². The number of ketones is 1. The van der Waals surface area contributed by atoms with E-state index in [0.717, 1.165) is 18.6 Å². The minimum absolute atomic E-state index is 0.145. The lowest BCUT2D eigenvalue weighted by Crippen LogP contribution is -2.47. The molecule has 0 saturated carbocycles. The highest BCUT2D eigenvalue weighted by molar-refractivity contribution is 7.99. The fourth-order valence-corrected chi connectivity index (χ4v) is 3.45. The highest BCUT2D eigenvalue weighted by atomic mass is 32.2. The number of Topliss-reactive ketones (excluding diaryl/α,β-unsaturated/α-hetero) is 1. The molecule has 0 aromatic rings. The Morgan fingerprint density at radius 3 is 2.82 bits per heavy atom. The molecule has 0 radical (unpaired) electrons. The second-order valence-corrected chi connectivity index (χ2v) is 5.61.